The summed E-state index contributed by atoms with van der Waals surface area (Å²) in [6, 6.07) is 49.6. The Bertz CT molecular complexity index is 2330. The molecule has 5 aromatic carbocycles. The second-order valence-corrected chi connectivity index (χ2v) is 12.8. The van der Waals surface area contributed by atoms with Crippen molar-refractivity contribution in [3.63, 3.8) is 0 Å². The number of rotatable bonds is 6. The summed E-state index contributed by atoms with van der Waals surface area (Å²) in [5, 5.41) is 4.73. The number of aryl methyl sites for hydroxylation is 1. The smallest absolute Gasteiger partial charge is 0.0748 e. The monoisotopic (exact) mass is 607 g/mol. The van der Waals surface area contributed by atoms with Crippen LogP contribution in [0.5, 0.6) is 0 Å². The molecule has 8 rings (SSSR count). The molecule has 1 aliphatic rings. The number of fused-ring (bicyclic) bond motifs is 4. The van der Waals surface area contributed by atoms with E-state index in [1.165, 1.54) is 66.7 Å². The molecule has 0 saturated carbocycles. The standard InChI is InChI=1S/C44H37N3/c1-44(2)39-22-12-10-19-36(39)37(21-14-28-45-33-26-24-32(25-27-33)31-15-6-4-7-16-31)40(44)29-35-30-42-43(46(35)3)38-20-11-13-23-41(38)47(42)34-17-8-5-9-18-34/h4-30,45H,1-3H3/b28-14+,37-21-,40-29+. The number of nitrogens with zero attached hydrogens (tertiary/aromatic N) is 2. The molecule has 7 aromatic rings. The van der Waals surface area contributed by atoms with Gasteiger partial charge in [-0.2, -0.15) is 0 Å². The van der Waals surface area contributed by atoms with E-state index in [1.807, 2.05) is 12.3 Å². The summed E-state index contributed by atoms with van der Waals surface area (Å²) in [5.74, 6) is 0. The second-order valence-electron chi connectivity index (χ2n) is 12.8. The second kappa shape index (κ2) is 11.5. The maximum Gasteiger partial charge on any atom is 0.0748 e. The van der Waals surface area contributed by atoms with Gasteiger partial charge in [0.25, 0.3) is 0 Å². The lowest BCUT2D eigenvalue weighted by Gasteiger charge is -2.22. The lowest BCUT2D eigenvalue weighted by atomic mass is 9.81. The Hall–Kier alpha value is -5.80. The first-order chi connectivity index (χ1) is 23.0. The van der Waals surface area contributed by atoms with Crippen molar-refractivity contribution in [1.29, 1.82) is 0 Å². The third-order valence-electron chi connectivity index (χ3n) is 9.65. The predicted molar refractivity (Wildman–Crippen MR) is 200 cm³/mol. The van der Waals surface area contributed by atoms with Crippen LogP contribution in [0.4, 0.5) is 5.69 Å². The Balaban J connectivity index is 1.18. The van der Waals surface area contributed by atoms with Crippen LogP contribution in [0.1, 0.15) is 30.7 Å². The minimum Gasteiger partial charge on any atom is -0.362 e. The molecule has 2 heterocycles. The molecule has 228 valence electrons. The van der Waals surface area contributed by atoms with Crippen molar-refractivity contribution in [2.45, 2.75) is 19.3 Å². The van der Waals surface area contributed by atoms with Crippen molar-refractivity contribution >= 4 is 39.3 Å². The van der Waals surface area contributed by atoms with Crippen molar-refractivity contribution in [2.75, 3.05) is 5.32 Å². The van der Waals surface area contributed by atoms with Crippen LogP contribution in [0.25, 0.3) is 50.4 Å². The Morgan fingerprint density at radius 1 is 0.660 bits per heavy atom. The zero-order chi connectivity index (χ0) is 32.0. The van der Waals surface area contributed by atoms with Crippen LogP contribution < -0.4 is 5.32 Å². The summed E-state index contributed by atoms with van der Waals surface area (Å²) in [6.07, 6.45) is 8.82. The van der Waals surface area contributed by atoms with Crippen LogP contribution in [0.3, 0.4) is 0 Å². The van der Waals surface area contributed by atoms with Gasteiger partial charge in [0, 0.05) is 41.1 Å². The topological polar surface area (TPSA) is 21.9 Å². The normalized spacial score (nSPS) is 15.7. The summed E-state index contributed by atoms with van der Waals surface area (Å²) in [7, 11) is 2.20. The SMILES string of the molecule is Cn1c(\C=C2/C(=C\C=C\Nc3ccc(-c4ccccc4)cc3)c3ccccc3C2(C)C)cc2c1c1ccccc1n2-c1ccccc1. The molecule has 0 fully saturated rings. The lowest BCUT2D eigenvalue weighted by Crippen LogP contribution is -2.15. The van der Waals surface area contributed by atoms with E-state index in [1.54, 1.807) is 0 Å². The molecule has 0 atom stereocenters. The Morgan fingerprint density at radius 3 is 2.11 bits per heavy atom. The molecule has 0 aliphatic heterocycles. The van der Waals surface area contributed by atoms with Gasteiger partial charge in [0.05, 0.1) is 16.6 Å². The van der Waals surface area contributed by atoms with Crippen LogP contribution in [-0.4, -0.2) is 9.13 Å². The van der Waals surface area contributed by atoms with Gasteiger partial charge >= 0.3 is 0 Å². The van der Waals surface area contributed by atoms with Crippen LogP contribution in [0.2, 0.25) is 0 Å². The number of para-hydroxylation sites is 2. The van der Waals surface area contributed by atoms with E-state index >= 15 is 0 Å². The highest BCUT2D eigenvalue weighted by Crippen LogP contribution is 2.50. The highest BCUT2D eigenvalue weighted by Gasteiger charge is 2.37. The van der Waals surface area contributed by atoms with Gasteiger partial charge in [-0.15, -0.1) is 0 Å². The number of benzene rings is 5. The molecular formula is C44H37N3. The third-order valence-corrected chi connectivity index (χ3v) is 9.65. The summed E-state index contributed by atoms with van der Waals surface area (Å²) >= 11 is 0. The van der Waals surface area contributed by atoms with Crippen LogP contribution in [0, 0.1) is 0 Å². The first-order valence-electron chi connectivity index (χ1n) is 16.3. The first kappa shape index (κ1) is 28.7. The van der Waals surface area contributed by atoms with E-state index < -0.39 is 0 Å². The van der Waals surface area contributed by atoms with Crippen molar-refractivity contribution in [1.82, 2.24) is 9.13 Å². The van der Waals surface area contributed by atoms with Gasteiger partial charge in [-0.05, 0) is 82.0 Å². The molecule has 3 nitrogen and oxygen atoms in total. The highest BCUT2D eigenvalue weighted by atomic mass is 15.0. The van der Waals surface area contributed by atoms with E-state index in [0.717, 1.165) is 5.69 Å². The van der Waals surface area contributed by atoms with Crippen molar-refractivity contribution in [2.24, 2.45) is 7.05 Å². The molecule has 0 radical (unpaired) electrons. The fraction of sp³-hybridized carbons (Fsp3) is 0.0909. The third kappa shape index (κ3) is 4.92. The minimum atomic E-state index is -0.150. The first-order valence-corrected chi connectivity index (χ1v) is 16.3. The quantitative estimate of drug-likeness (QED) is 0.200. The van der Waals surface area contributed by atoms with Gasteiger partial charge in [0.1, 0.15) is 0 Å². The summed E-state index contributed by atoms with van der Waals surface area (Å²) in [4.78, 5) is 0. The van der Waals surface area contributed by atoms with E-state index in [9.17, 15) is 0 Å². The number of hydrogen-bond donors (Lipinski definition) is 1. The Kier molecular flexibility index (Phi) is 7.03. The maximum atomic E-state index is 3.47. The minimum absolute atomic E-state index is 0.150. The van der Waals surface area contributed by atoms with Gasteiger partial charge in [-0.3, -0.25) is 0 Å². The van der Waals surface area contributed by atoms with E-state index in [2.05, 4.69) is 187 Å². The van der Waals surface area contributed by atoms with Gasteiger partial charge in [0.15, 0.2) is 0 Å². The molecule has 0 spiro atoms. The van der Waals surface area contributed by atoms with Gasteiger partial charge in [0.2, 0.25) is 0 Å². The van der Waals surface area contributed by atoms with E-state index in [0.29, 0.717) is 0 Å². The molecule has 1 aliphatic carbocycles. The van der Waals surface area contributed by atoms with Crippen molar-refractivity contribution in [3.05, 3.63) is 180 Å². The number of anilines is 1. The largest absolute Gasteiger partial charge is 0.362 e. The van der Waals surface area contributed by atoms with E-state index in [-0.39, 0.29) is 5.41 Å². The summed E-state index contributed by atoms with van der Waals surface area (Å²) in [6.45, 7) is 4.69. The zero-order valence-corrected chi connectivity index (χ0v) is 27.0. The zero-order valence-electron chi connectivity index (χ0n) is 27.0. The molecule has 0 amide bonds. The van der Waals surface area contributed by atoms with Crippen LogP contribution in [0.15, 0.2) is 163 Å². The van der Waals surface area contributed by atoms with Crippen molar-refractivity contribution in [3.8, 4) is 16.8 Å². The van der Waals surface area contributed by atoms with Gasteiger partial charge in [-0.1, -0.05) is 123 Å². The maximum absolute atomic E-state index is 3.47. The molecular weight excluding hydrogens is 571 g/mol. The highest BCUT2D eigenvalue weighted by molar-refractivity contribution is 6.09. The predicted octanol–water partition coefficient (Wildman–Crippen LogP) is 11.2. The van der Waals surface area contributed by atoms with Crippen LogP contribution in [-0.2, 0) is 12.5 Å². The molecule has 3 heteroatoms. The molecule has 1 N–H and O–H groups in total. The Labute approximate surface area is 276 Å². The lowest BCUT2D eigenvalue weighted by molar-refractivity contribution is 0.664. The Morgan fingerprint density at radius 2 is 1.32 bits per heavy atom. The summed E-state index contributed by atoms with van der Waals surface area (Å²) < 4.78 is 4.75. The van der Waals surface area contributed by atoms with Gasteiger partial charge in [-0.25, -0.2) is 0 Å². The fourth-order valence-electron chi connectivity index (χ4n) is 7.24. The number of allylic oxidation sites excluding steroid dienone is 4. The van der Waals surface area contributed by atoms with E-state index in [4.69, 9.17) is 0 Å². The van der Waals surface area contributed by atoms with Gasteiger partial charge < -0.3 is 14.5 Å². The molecule has 0 unspecified atom stereocenters. The molecule has 0 bridgehead atoms. The molecule has 2 aromatic heterocycles. The average Bonchev–Trinajstić information content (AvgIpc) is 3.68. The fourth-order valence-corrected chi connectivity index (χ4v) is 7.24. The summed E-state index contributed by atoms with van der Waals surface area (Å²) in [5.41, 5.74) is 14.6. The molecule has 0 saturated heterocycles. The number of nitrogens with one attached hydrogen (secondary N) is 1. The van der Waals surface area contributed by atoms with Crippen molar-refractivity contribution < 1.29 is 0 Å². The molecule has 47 heavy (non-hydrogen) atoms. The number of hydrogen-bond acceptors (Lipinski definition) is 1. The van der Waals surface area contributed by atoms with Crippen LogP contribution >= 0.6 is 0 Å². The average molecular weight is 608 g/mol. The number of aromatic nitrogens is 2.